The van der Waals surface area contributed by atoms with Crippen LogP contribution >= 0.6 is 11.6 Å². The van der Waals surface area contributed by atoms with Crippen molar-refractivity contribution in [2.45, 2.75) is 37.8 Å². The number of hydrogen-bond donors (Lipinski definition) is 2. The van der Waals surface area contributed by atoms with Gasteiger partial charge >= 0.3 is 6.09 Å². The van der Waals surface area contributed by atoms with Crippen LogP contribution in [0.3, 0.4) is 0 Å². The Morgan fingerprint density at radius 3 is 2.46 bits per heavy atom. The van der Waals surface area contributed by atoms with Crippen LogP contribution in [0.1, 0.15) is 39.9 Å². The number of pyridine rings is 1. The second-order valence-electron chi connectivity index (χ2n) is 11.9. The van der Waals surface area contributed by atoms with E-state index in [1.165, 1.54) is 6.20 Å². The van der Waals surface area contributed by atoms with Crippen LogP contribution in [0, 0.1) is 12.3 Å². The molecule has 3 heterocycles. The minimum atomic E-state index is -4.25. The fourth-order valence-corrected chi connectivity index (χ4v) is 7.35. The van der Waals surface area contributed by atoms with Gasteiger partial charge < -0.3 is 15.0 Å². The summed E-state index contributed by atoms with van der Waals surface area (Å²) in [6.45, 7) is 3.40. The molecule has 0 aliphatic carbocycles. The van der Waals surface area contributed by atoms with E-state index in [-0.39, 0.29) is 34.2 Å². The van der Waals surface area contributed by atoms with Crippen LogP contribution in [-0.2, 0) is 27.8 Å². The van der Waals surface area contributed by atoms with E-state index in [1.54, 1.807) is 15.9 Å². The van der Waals surface area contributed by atoms with Gasteiger partial charge in [0.05, 0.1) is 16.9 Å². The molecule has 1 saturated heterocycles. The topological polar surface area (TPSA) is 135 Å². The molecule has 2 amide bonds. The number of ether oxygens (including phenoxy) is 1. The summed E-state index contributed by atoms with van der Waals surface area (Å²) in [5, 5.41) is 7.73. The van der Waals surface area contributed by atoms with Gasteiger partial charge in [0.1, 0.15) is 11.6 Å². The van der Waals surface area contributed by atoms with Gasteiger partial charge in [-0.3, -0.25) is 9.69 Å². The largest absolute Gasteiger partial charge is 0.444 e. The van der Waals surface area contributed by atoms with Gasteiger partial charge in [-0.1, -0.05) is 72.3 Å². The lowest BCUT2D eigenvalue weighted by Gasteiger charge is -2.47. The Hall–Kier alpha value is -4.45. The highest BCUT2D eigenvalue weighted by Gasteiger charge is 2.43. The molecule has 1 spiro atoms. The van der Waals surface area contributed by atoms with E-state index in [0.717, 1.165) is 28.8 Å². The summed E-state index contributed by atoms with van der Waals surface area (Å²) in [6, 6.07) is 24.8. The minimum Gasteiger partial charge on any atom is -0.444 e. The lowest BCUT2D eigenvalue weighted by Crippen LogP contribution is -2.52. The number of fused-ring (bicyclic) bond motifs is 1. The predicted octanol–water partition coefficient (Wildman–Crippen LogP) is 6.06. The first kappa shape index (κ1) is 31.5. The summed E-state index contributed by atoms with van der Waals surface area (Å²) in [5.74, 6) is -0.337. The number of para-hydroxylation sites is 1. The minimum absolute atomic E-state index is 0.121. The van der Waals surface area contributed by atoms with Gasteiger partial charge in [0.2, 0.25) is 0 Å². The highest BCUT2D eigenvalue weighted by atomic mass is 35.5. The van der Waals surface area contributed by atoms with Gasteiger partial charge in [0, 0.05) is 31.5 Å². The maximum Gasteiger partial charge on any atom is 0.414 e. The van der Waals surface area contributed by atoms with Gasteiger partial charge in [-0.2, -0.15) is 0 Å². The highest BCUT2D eigenvalue weighted by molar-refractivity contribution is 7.89. The number of halogens is 1. The number of sulfonamides is 1. The van der Waals surface area contributed by atoms with Crippen molar-refractivity contribution in [2.75, 3.05) is 29.9 Å². The molecule has 3 aromatic carbocycles. The van der Waals surface area contributed by atoms with Crippen LogP contribution < -0.4 is 15.4 Å². The van der Waals surface area contributed by atoms with E-state index < -0.39 is 21.1 Å². The lowest BCUT2D eigenvalue weighted by atomic mass is 9.71. The Morgan fingerprint density at radius 2 is 1.74 bits per heavy atom. The first-order valence-electron chi connectivity index (χ1n) is 14.9. The van der Waals surface area contributed by atoms with Gasteiger partial charge in [0.25, 0.3) is 15.9 Å². The summed E-state index contributed by atoms with van der Waals surface area (Å²) >= 11 is 6.54. The van der Waals surface area contributed by atoms with Crippen molar-refractivity contribution in [1.29, 1.82) is 0 Å². The van der Waals surface area contributed by atoms with Crippen molar-refractivity contribution in [3.05, 3.63) is 112 Å². The van der Waals surface area contributed by atoms with Gasteiger partial charge in [-0.25, -0.2) is 23.3 Å². The zero-order chi connectivity index (χ0) is 32.5. The van der Waals surface area contributed by atoms with Crippen LogP contribution in [0.25, 0.3) is 0 Å². The highest BCUT2D eigenvalue weighted by Crippen LogP contribution is 2.44. The quantitative estimate of drug-likeness (QED) is 0.257. The number of anilines is 3. The molecule has 1 aromatic heterocycles. The molecule has 3 N–H and O–H groups in total. The molecular weight excluding hydrogens is 626 g/mol. The zero-order valence-electron chi connectivity index (χ0n) is 25.3. The smallest absolute Gasteiger partial charge is 0.414 e. The van der Waals surface area contributed by atoms with Crippen molar-refractivity contribution < 1.29 is 22.7 Å². The van der Waals surface area contributed by atoms with E-state index in [4.69, 9.17) is 21.5 Å². The van der Waals surface area contributed by atoms with Crippen LogP contribution in [-0.4, -0.2) is 49.9 Å². The average Bonchev–Trinajstić information content (AvgIpc) is 3.04. The summed E-state index contributed by atoms with van der Waals surface area (Å²) in [5.41, 5.74) is 4.39. The van der Waals surface area contributed by atoms with Crippen LogP contribution in [0.2, 0.25) is 5.02 Å². The molecule has 0 bridgehead atoms. The molecule has 6 rings (SSSR count). The molecule has 0 atom stereocenters. The number of benzene rings is 3. The molecule has 46 heavy (non-hydrogen) atoms. The fraction of sp³-hybridized carbons (Fsp3) is 0.265. The Balaban J connectivity index is 1.22. The van der Waals surface area contributed by atoms with E-state index in [2.05, 4.69) is 10.3 Å². The number of rotatable bonds is 6. The van der Waals surface area contributed by atoms with Crippen molar-refractivity contribution in [1.82, 2.24) is 9.88 Å². The molecule has 10 nitrogen and oxygen atoms in total. The number of nitrogens with one attached hydrogen (secondary N) is 1. The summed E-state index contributed by atoms with van der Waals surface area (Å²) in [4.78, 5) is 34.8. The molecule has 4 aromatic rings. The molecule has 2 aliphatic heterocycles. The Labute approximate surface area is 273 Å². The molecule has 0 unspecified atom stereocenters. The Bertz CT molecular complexity index is 1900. The standard InChI is InChI=1S/C34H34ClN5O5S/c1-23-8-7-12-26(18-23)38-30-27(20-37-31(29(30)35)46(36,43)44)32(41)39-16-14-34(15-17-39)19-25-11-5-6-13-28(25)40(22-34)33(42)45-21-24-9-3-2-4-10-24/h2-13,18,20H,14-17,19,21-22H2,1H3,(H,37,38)(H2,36,43,44). The third-order valence-electron chi connectivity index (χ3n) is 8.65. The van der Waals surface area contributed by atoms with E-state index >= 15 is 0 Å². The Morgan fingerprint density at radius 1 is 1.02 bits per heavy atom. The molecular formula is C34H34ClN5O5S. The van der Waals surface area contributed by atoms with E-state index in [1.807, 2.05) is 79.7 Å². The monoisotopic (exact) mass is 659 g/mol. The number of carbonyl (C=O) groups excluding carboxylic acids is 2. The number of amides is 2. The number of primary sulfonamides is 1. The second-order valence-corrected chi connectivity index (χ2v) is 13.8. The van der Waals surface area contributed by atoms with Gasteiger partial charge in [0.15, 0.2) is 5.03 Å². The number of aromatic nitrogens is 1. The summed E-state index contributed by atoms with van der Waals surface area (Å²) in [6.07, 6.45) is 2.86. The molecule has 238 valence electrons. The third kappa shape index (κ3) is 6.57. The maximum atomic E-state index is 14.0. The first-order chi connectivity index (χ1) is 22.0. The second kappa shape index (κ2) is 12.7. The maximum absolute atomic E-state index is 14.0. The Kier molecular flexibility index (Phi) is 8.73. The van der Waals surface area contributed by atoms with Crippen LogP contribution in [0.5, 0.6) is 0 Å². The van der Waals surface area contributed by atoms with E-state index in [9.17, 15) is 18.0 Å². The van der Waals surface area contributed by atoms with Gasteiger partial charge in [-0.15, -0.1) is 0 Å². The SMILES string of the molecule is Cc1cccc(Nc2c(C(=O)N3CCC4(CC3)Cc3ccccc3N(C(=O)OCc3ccccc3)C4)cnc(S(N)(=O)=O)c2Cl)c1. The number of carbonyl (C=O) groups is 2. The third-order valence-corrected chi connectivity index (χ3v) is 9.98. The molecule has 0 radical (unpaired) electrons. The molecule has 2 aliphatic rings. The van der Waals surface area contributed by atoms with Crippen LogP contribution in [0.4, 0.5) is 21.9 Å². The number of nitrogens with two attached hydrogens (primary N) is 1. The molecule has 1 fully saturated rings. The van der Waals surface area contributed by atoms with Crippen molar-refractivity contribution >= 4 is 50.7 Å². The fourth-order valence-electron chi connectivity index (χ4n) is 6.27. The normalized spacial score (nSPS) is 15.7. The zero-order valence-corrected chi connectivity index (χ0v) is 26.9. The van der Waals surface area contributed by atoms with Crippen LogP contribution in [0.15, 0.2) is 90.1 Å². The number of nitrogens with zero attached hydrogens (tertiary/aromatic N) is 3. The van der Waals surface area contributed by atoms with Crippen molar-refractivity contribution in [3.8, 4) is 0 Å². The number of likely N-dealkylation sites (tertiary alicyclic amines) is 1. The number of piperidine rings is 1. The predicted molar refractivity (Wildman–Crippen MR) is 177 cm³/mol. The lowest BCUT2D eigenvalue weighted by molar-refractivity contribution is 0.0572. The van der Waals surface area contributed by atoms with Crippen molar-refractivity contribution in [2.24, 2.45) is 10.6 Å². The number of hydrogen-bond acceptors (Lipinski definition) is 7. The van der Waals surface area contributed by atoms with Crippen molar-refractivity contribution in [3.63, 3.8) is 0 Å². The summed E-state index contributed by atoms with van der Waals surface area (Å²) in [7, 11) is -4.25. The van der Waals surface area contributed by atoms with Gasteiger partial charge in [-0.05, 0) is 66.5 Å². The average molecular weight is 660 g/mol. The first-order valence-corrected chi connectivity index (χ1v) is 16.9. The molecule has 12 heteroatoms. The molecule has 0 saturated carbocycles. The number of aryl methyl sites for hydroxylation is 1. The summed E-state index contributed by atoms with van der Waals surface area (Å²) < 4.78 is 30.2. The van der Waals surface area contributed by atoms with E-state index in [0.29, 0.717) is 38.2 Å².